The smallest absolute Gasteiger partial charge is 0.235 e. The first-order valence-electron chi connectivity index (χ1n) is 7.23. The molecule has 0 radical (unpaired) electrons. The summed E-state index contributed by atoms with van der Waals surface area (Å²) in [5, 5.41) is 2.96. The maximum Gasteiger partial charge on any atom is 0.235 e. The molecule has 21 heavy (non-hydrogen) atoms. The average molecular weight is 370 g/mol. The number of hydrogen-bond donors (Lipinski definition) is 1. The Kier molecular flexibility index (Phi) is 5.49. The molecule has 3 unspecified atom stereocenters. The van der Waals surface area contributed by atoms with Gasteiger partial charge in [-0.15, -0.1) is 0 Å². The van der Waals surface area contributed by atoms with Gasteiger partial charge in [0.2, 0.25) is 5.91 Å². The highest BCUT2D eigenvalue weighted by molar-refractivity contribution is 9.10. The Labute approximate surface area is 138 Å². The van der Waals surface area contributed by atoms with Crippen LogP contribution in [0.1, 0.15) is 37.8 Å². The van der Waals surface area contributed by atoms with E-state index in [1.807, 2.05) is 25.1 Å². The second-order valence-electron chi connectivity index (χ2n) is 5.19. The lowest BCUT2D eigenvalue weighted by Crippen LogP contribution is -2.37. The largest absolute Gasteiger partial charge is 0.344 e. The van der Waals surface area contributed by atoms with E-state index in [4.69, 9.17) is 0 Å². The number of thioether (sulfide) groups is 1. The second kappa shape index (κ2) is 6.97. The van der Waals surface area contributed by atoms with E-state index in [2.05, 4.69) is 35.1 Å². The van der Waals surface area contributed by atoms with Crippen molar-refractivity contribution in [3.8, 4) is 0 Å². The number of nitrogens with one attached hydrogen (secondary N) is 1. The summed E-state index contributed by atoms with van der Waals surface area (Å²) in [5.41, 5.74) is 1.95. The number of rotatable bonds is 5. The van der Waals surface area contributed by atoms with Crippen molar-refractivity contribution in [2.45, 2.75) is 44.4 Å². The van der Waals surface area contributed by atoms with Crippen LogP contribution in [-0.2, 0) is 16.0 Å². The highest BCUT2D eigenvalue weighted by Crippen LogP contribution is 2.33. The van der Waals surface area contributed by atoms with Crippen molar-refractivity contribution in [2.75, 3.05) is 5.75 Å². The fraction of sp³-hybridized carbons (Fsp3) is 0.500. The first-order valence-corrected chi connectivity index (χ1v) is 9.07. The van der Waals surface area contributed by atoms with E-state index in [0.717, 1.165) is 22.2 Å². The fourth-order valence-corrected chi connectivity index (χ4v) is 4.22. The number of carbonyl (C=O) groups is 2. The fourth-order valence-electron chi connectivity index (χ4n) is 2.64. The molecule has 0 saturated carbocycles. The molecule has 1 amide bonds. The lowest BCUT2D eigenvalue weighted by molar-refractivity contribution is -0.124. The molecule has 3 atom stereocenters. The monoisotopic (exact) mass is 369 g/mol. The zero-order chi connectivity index (χ0) is 15.6. The van der Waals surface area contributed by atoms with Crippen LogP contribution in [0.2, 0.25) is 0 Å². The van der Waals surface area contributed by atoms with E-state index in [0.29, 0.717) is 0 Å². The Bertz CT molecular complexity index is 561. The number of Topliss-reactive ketones (excluding diaryl/α,β-unsaturated/α-hetero) is 1. The van der Waals surface area contributed by atoms with Gasteiger partial charge < -0.3 is 5.32 Å². The lowest BCUT2D eigenvalue weighted by atomic mass is 9.92. The maximum atomic E-state index is 12.6. The normalized spacial score (nSPS) is 23.2. The molecule has 1 aromatic rings. The van der Waals surface area contributed by atoms with Gasteiger partial charge in [-0.1, -0.05) is 48.8 Å². The quantitative estimate of drug-likeness (QED) is 0.809. The molecule has 5 heteroatoms. The summed E-state index contributed by atoms with van der Waals surface area (Å²) < 4.78 is 0.840. The van der Waals surface area contributed by atoms with Gasteiger partial charge in [0, 0.05) is 9.72 Å². The van der Waals surface area contributed by atoms with Crippen LogP contribution in [0.25, 0.3) is 0 Å². The van der Waals surface area contributed by atoms with E-state index in [1.165, 1.54) is 5.56 Å². The molecule has 1 N–H and O–H groups in total. The first-order chi connectivity index (χ1) is 9.99. The summed E-state index contributed by atoms with van der Waals surface area (Å²) in [6, 6.07) is 5.49. The molecule has 3 nitrogen and oxygen atoms in total. The van der Waals surface area contributed by atoms with Gasteiger partial charge in [-0.25, -0.2) is 0 Å². The Balaban J connectivity index is 2.28. The number of halogens is 1. The molecule has 1 heterocycles. The van der Waals surface area contributed by atoms with Crippen LogP contribution in [0, 0.1) is 0 Å². The first kappa shape index (κ1) is 16.6. The number of benzene rings is 1. The Hall–Kier alpha value is -0.810. The van der Waals surface area contributed by atoms with Crippen molar-refractivity contribution in [2.24, 2.45) is 0 Å². The molecule has 2 rings (SSSR count). The molecule has 1 saturated heterocycles. The molecule has 1 aromatic carbocycles. The minimum atomic E-state index is -0.685. The van der Waals surface area contributed by atoms with Crippen LogP contribution in [0.3, 0.4) is 0 Å². The van der Waals surface area contributed by atoms with Crippen molar-refractivity contribution in [3.05, 3.63) is 33.8 Å². The minimum absolute atomic E-state index is 0.0154. The van der Waals surface area contributed by atoms with E-state index < -0.39 is 5.92 Å². The SMILES string of the molecule is CCSC(C)C1NC(=O)C(c2ccc(CC)cc2Br)C1=O. The van der Waals surface area contributed by atoms with Crippen LogP contribution in [0.4, 0.5) is 0 Å². The molecule has 1 fully saturated rings. The summed E-state index contributed by atoms with van der Waals surface area (Å²) >= 11 is 5.20. The van der Waals surface area contributed by atoms with E-state index in [-0.39, 0.29) is 23.0 Å². The van der Waals surface area contributed by atoms with Crippen LogP contribution < -0.4 is 5.32 Å². The summed E-state index contributed by atoms with van der Waals surface area (Å²) in [6.45, 7) is 6.13. The lowest BCUT2D eigenvalue weighted by Gasteiger charge is -2.16. The second-order valence-corrected chi connectivity index (χ2v) is 7.70. The van der Waals surface area contributed by atoms with Crippen LogP contribution >= 0.6 is 27.7 Å². The number of amides is 1. The van der Waals surface area contributed by atoms with Gasteiger partial charge in [0.1, 0.15) is 12.0 Å². The van der Waals surface area contributed by atoms with Gasteiger partial charge in [0.05, 0.1) is 0 Å². The molecule has 1 aliphatic rings. The van der Waals surface area contributed by atoms with Gasteiger partial charge >= 0.3 is 0 Å². The topological polar surface area (TPSA) is 46.2 Å². The highest BCUT2D eigenvalue weighted by atomic mass is 79.9. The van der Waals surface area contributed by atoms with Gasteiger partial charge in [-0.05, 0) is 29.4 Å². The summed E-state index contributed by atoms with van der Waals surface area (Å²) in [5.74, 6) is 0.0486. The molecule has 114 valence electrons. The van der Waals surface area contributed by atoms with Crippen molar-refractivity contribution in [1.29, 1.82) is 0 Å². The van der Waals surface area contributed by atoms with E-state index >= 15 is 0 Å². The van der Waals surface area contributed by atoms with Crippen molar-refractivity contribution >= 4 is 39.4 Å². The number of aryl methyl sites for hydroxylation is 1. The number of carbonyl (C=O) groups excluding carboxylic acids is 2. The predicted octanol–water partition coefficient (Wildman–Crippen LogP) is 3.30. The van der Waals surface area contributed by atoms with Crippen LogP contribution in [0.15, 0.2) is 22.7 Å². The summed E-state index contributed by atoms with van der Waals surface area (Å²) in [7, 11) is 0. The zero-order valence-electron chi connectivity index (χ0n) is 12.5. The van der Waals surface area contributed by atoms with Crippen LogP contribution in [-0.4, -0.2) is 28.7 Å². The standard InChI is InChI=1S/C16H20BrNO2S/c1-4-10-6-7-11(12(17)8-10)13-15(19)14(18-16(13)20)9(3)21-5-2/h6-9,13-14H,4-5H2,1-3H3,(H,18,20). The molecule has 0 aromatic heterocycles. The minimum Gasteiger partial charge on any atom is -0.344 e. The van der Waals surface area contributed by atoms with Crippen molar-refractivity contribution in [3.63, 3.8) is 0 Å². The molecule has 1 aliphatic heterocycles. The molecule has 0 aliphatic carbocycles. The third kappa shape index (κ3) is 3.34. The van der Waals surface area contributed by atoms with Gasteiger partial charge in [-0.2, -0.15) is 11.8 Å². The molecule has 0 spiro atoms. The van der Waals surface area contributed by atoms with Gasteiger partial charge in [-0.3, -0.25) is 9.59 Å². The average Bonchev–Trinajstić information content (AvgIpc) is 2.75. The predicted molar refractivity (Wildman–Crippen MR) is 90.8 cm³/mol. The maximum absolute atomic E-state index is 12.6. The Morgan fingerprint density at radius 2 is 2.05 bits per heavy atom. The molecule has 0 bridgehead atoms. The van der Waals surface area contributed by atoms with E-state index in [9.17, 15) is 9.59 Å². The molecular formula is C16H20BrNO2S. The van der Waals surface area contributed by atoms with E-state index in [1.54, 1.807) is 11.8 Å². The van der Waals surface area contributed by atoms with Gasteiger partial charge in [0.15, 0.2) is 5.78 Å². The summed E-state index contributed by atoms with van der Waals surface area (Å²) in [4.78, 5) is 24.9. The number of hydrogen-bond acceptors (Lipinski definition) is 3. The molecular weight excluding hydrogens is 350 g/mol. The summed E-state index contributed by atoms with van der Waals surface area (Å²) in [6.07, 6.45) is 0.927. The Morgan fingerprint density at radius 1 is 1.33 bits per heavy atom. The van der Waals surface area contributed by atoms with Crippen molar-refractivity contribution in [1.82, 2.24) is 5.32 Å². The third-order valence-corrected chi connectivity index (χ3v) is 5.65. The van der Waals surface area contributed by atoms with Gasteiger partial charge in [0.25, 0.3) is 0 Å². The number of ketones is 1. The van der Waals surface area contributed by atoms with Crippen molar-refractivity contribution < 1.29 is 9.59 Å². The highest BCUT2D eigenvalue weighted by Gasteiger charge is 2.44. The Morgan fingerprint density at radius 3 is 2.62 bits per heavy atom. The third-order valence-electron chi connectivity index (χ3n) is 3.83. The zero-order valence-corrected chi connectivity index (χ0v) is 14.9. The van der Waals surface area contributed by atoms with Crippen LogP contribution in [0.5, 0.6) is 0 Å².